The van der Waals surface area contributed by atoms with E-state index < -0.39 is 11.5 Å². The minimum absolute atomic E-state index is 0.0804. The Hall–Kier alpha value is -3.10. The van der Waals surface area contributed by atoms with E-state index in [9.17, 15) is 14.4 Å². The first kappa shape index (κ1) is 26.5. The van der Waals surface area contributed by atoms with E-state index in [0.717, 1.165) is 23.1 Å². The highest BCUT2D eigenvalue weighted by Crippen LogP contribution is 2.33. The van der Waals surface area contributed by atoms with E-state index in [1.165, 1.54) is 0 Å². The van der Waals surface area contributed by atoms with Crippen molar-refractivity contribution < 1.29 is 19.1 Å². The molecule has 0 atom stereocenters. The number of ether oxygens (including phenoxy) is 1. The quantitative estimate of drug-likeness (QED) is 0.512. The molecule has 2 aromatic carbocycles. The molecule has 0 spiro atoms. The molecule has 0 radical (unpaired) electrons. The first-order valence-corrected chi connectivity index (χ1v) is 12.2. The molecule has 4 N–H and O–H groups in total. The fraction of sp³-hybridized carbons (Fsp3) is 0.423. The molecule has 3 rings (SSSR count). The largest absolute Gasteiger partial charge is 0.448 e. The molecule has 188 valence electrons. The van der Waals surface area contributed by atoms with Crippen LogP contribution in [0.15, 0.2) is 42.5 Å². The third-order valence-corrected chi connectivity index (χ3v) is 7.05. The Kier molecular flexibility index (Phi) is 9.12. The Bertz CT molecular complexity index is 1050. The maximum absolute atomic E-state index is 13.4. The van der Waals surface area contributed by atoms with E-state index in [-0.39, 0.29) is 25.0 Å². The van der Waals surface area contributed by atoms with Crippen LogP contribution >= 0.6 is 11.6 Å². The number of aryl methyl sites for hydroxylation is 1. The van der Waals surface area contributed by atoms with Gasteiger partial charge >= 0.3 is 6.09 Å². The van der Waals surface area contributed by atoms with Crippen LogP contribution in [0, 0.1) is 12.3 Å². The third kappa shape index (κ3) is 6.74. The van der Waals surface area contributed by atoms with Gasteiger partial charge in [0.05, 0.1) is 12.0 Å². The number of likely N-dealkylation sites (tertiary alicyclic amines) is 1. The van der Waals surface area contributed by atoms with Crippen LogP contribution in [0.25, 0.3) is 0 Å². The van der Waals surface area contributed by atoms with Gasteiger partial charge in [-0.15, -0.1) is 0 Å². The summed E-state index contributed by atoms with van der Waals surface area (Å²) in [5, 5.41) is 6.32. The predicted molar refractivity (Wildman–Crippen MR) is 136 cm³/mol. The molecule has 0 unspecified atom stereocenters. The predicted octanol–water partition coefficient (Wildman–Crippen LogP) is 3.64. The summed E-state index contributed by atoms with van der Waals surface area (Å²) < 4.78 is 5.52. The second-order valence-corrected chi connectivity index (χ2v) is 9.23. The summed E-state index contributed by atoms with van der Waals surface area (Å²) in [4.78, 5) is 39.6. The molecule has 35 heavy (non-hydrogen) atoms. The molecule has 0 bridgehead atoms. The van der Waals surface area contributed by atoms with Gasteiger partial charge < -0.3 is 20.7 Å². The van der Waals surface area contributed by atoms with Crippen molar-refractivity contribution in [3.8, 4) is 0 Å². The molecule has 1 saturated heterocycles. The van der Waals surface area contributed by atoms with Crippen molar-refractivity contribution in [3.63, 3.8) is 0 Å². The van der Waals surface area contributed by atoms with E-state index in [1.807, 2.05) is 43.3 Å². The van der Waals surface area contributed by atoms with E-state index in [0.29, 0.717) is 43.2 Å². The molecule has 1 aliphatic heterocycles. The summed E-state index contributed by atoms with van der Waals surface area (Å²) in [6.45, 7) is 4.80. The van der Waals surface area contributed by atoms with Crippen LogP contribution < -0.4 is 16.4 Å². The zero-order valence-corrected chi connectivity index (χ0v) is 21.0. The summed E-state index contributed by atoms with van der Waals surface area (Å²) in [5.41, 5.74) is 8.13. The number of anilines is 1. The SMILES string of the molecule is CCc1ccc(NC(=O)OCC2(C(=O)NCc3cccc(Cl)c3C)CCN(C(=O)CN)CC2)cc1. The smallest absolute Gasteiger partial charge is 0.411 e. The van der Waals surface area contributed by atoms with Crippen molar-refractivity contribution in [3.05, 3.63) is 64.2 Å². The number of halogens is 1. The molecule has 9 heteroatoms. The highest BCUT2D eigenvalue weighted by molar-refractivity contribution is 6.31. The van der Waals surface area contributed by atoms with Gasteiger partial charge in [-0.1, -0.05) is 42.8 Å². The van der Waals surface area contributed by atoms with Crippen LogP contribution in [0.2, 0.25) is 5.02 Å². The third-order valence-electron chi connectivity index (χ3n) is 6.64. The number of carbonyl (C=O) groups excluding carboxylic acids is 3. The van der Waals surface area contributed by atoms with Crippen LogP contribution in [0.3, 0.4) is 0 Å². The molecule has 2 aromatic rings. The molecule has 0 aromatic heterocycles. The van der Waals surface area contributed by atoms with Gasteiger partial charge in [0.2, 0.25) is 11.8 Å². The first-order chi connectivity index (χ1) is 16.8. The van der Waals surface area contributed by atoms with Crippen LogP contribution in [0.4, 0.5) is 10.5 Å². The van der Waals surface area contributed by atoms with Crippen LogP contribution in [-0.2, 0) is 27.3 Å². The number of piperidine rings is 1. The standard InChI is InChI=1S/C26H33ClN4O4/c1-3-19-7-9-21(10-8-19)30-25(34)35-17-26(11-13-31(14-12-26)23(32)15-28)24(33)29-16-20-5-4-6-22(27)18(20)2/h4-10H,3,11-17,28H2,1-2H3,(H,29,33)(H,30,34). The van der Waals surface area contributed by atoms with Crippen molar-refractivity contribution in [2.75, 3.05) is 31.6 Å². The lowest BCUT2D eigenvalue weighted by Crippen LogP contribution is -2.53. The van der Waals surface area contributed by atoms with Crippen molar-refractivity contribution in [2.45, 2.75) is 39.7 Å². The number of benzene rings is 2. The van der Waals surface area contributed by atoms with Gasteiger partial charge in [-0.2, -0.15) is 0 Å². The fourth-order valence-corrected chi connectivity index (χ4v) is 4.33. The van der Waals surface area contributed by atoms with E-state index in [1.54, 1.807) is 11.0 Å². The summed E-state index contributed by atoms with van der Waals surface area (Å²) in [6, 6.07) is 13.0. The van der Waals surface area contributed by atoms with Crippen LogP contribution in [-0.4, -0.2) is 49.0 Å². The summed E-state index contributed by atoms with van der Waals surface area (Å²) in [5.74, 6) is -0.389. The molecule has 1 heterocycles. The zero-order valence-electron chi connectivity index (χ0n) is 20.2. The maximum Gasteiger partial charge on any atom is 0.411 e. The van der Waals surface area contributed by atoms with Gasteiger partial charge in [-0.25, -0.2) is 4.79 Å². The lowest BCUT2D eigenvalue weighted by Gasteiger charge is -2.40. The zero-order chi connectivity index (χ0) is 25.4. The average Bonchev–Trinajstić information content (AvgIpc) is 2.88. The van der Waals surface area contributed by atoms with Crippen molar-refractivity contribution in [2.24, 2.45) is 11.1 Å². The van der Waals surface area contributed by atoms with Crippen molar-refractivity contribution in [1.82, 2.24) is 10.2 Å². The summed E-state index contributed by atoms with van der Waals surface area (Å²) in [6.07, 6.45) is 0.989. The molecule has 8 nitrogen and oxygen atoms in total. The van der Waals surface area contributed by atoms with E-state index in [4.69, 9.17) is 22.1 Å². The van der Waals surface area contributed by atoms with Gasteiger partial charge in [0.1, 0.15) is 6.61 Å². The maximum atomic E-state index is 13.4. The number of hydrogen-bond acceptors (Lipinski definition) is 5. The Morgan fingerprint density at radius 2 is 1.80 bits per heavy atom. The van der Waals surface area contributed by atoms with Gasteiger partial charge in [-0.3, -0.25) is 14.9 Å². The average molecular weight is 501 g/mol. The number of carbonyl (C=O) groups is 3. The lowest BCUT2D eigenvalue weighted by molar-refractivity contribution is -0.142. The Morgan fingerprint density at radius 3 is 2.43 bits per heavy atom. The van der Waals surface area contributed by atoms with Crippen molar-refractivity contribution in [1.29, 1.82) is 0 Å². The first-order valence-electron chi connectivity index (χ1n) is 11.8. The second kappa shape index (κ2) is 12.0. The molecule has 1 aliphatic rings. The number of nitrogens with zero attached hydrogens (tertiary/aromatic N) is 1. The molecule has 0 aliphatic carbocycles. The fourth-order valence-electron chi connectivity index (χ4n) is 4.14. The highest BCUT2D eigenvalue weighted by Gasteiger charge is 2.43. The number of hydrogen-bond donors (Lipinski definition) is 3. The topological polar surface area (TPSA) is 114 Å². The monoisotopic (exact) mass is 500 g/mol. The number of rotatable bonds is 8. The number of amides is 3. The molecular formula is C26H33ClN4O4. The Morgan fingerprint density at radius 1 is 1.11 bits per heavy atom. The Balaban J connectivity index is 1.67. The minimum atomic E-state index is -0.957. The van der Waals surface area contributed by atoms with E-state index >= 15 is 0 Å². The van der Waals surface area contributed by atoms with E-state index in [2.05, 4.69) is 17.6 Å². The van der Waals surface area contributed by atoms with Gasteiger partial charge in [0, 0.05) is 30.3 Å². The number of nitrogens with two attached hydrogens (primary N) is 1. The number of nitrogens with one attached hydrogen (secondary N) is 2. The molecular weight excluding hydrogens is 468 g/mol. The Labute approximate surface area is 211 Å². The highest BCUT2D eigenvalue weighted by atomic mass is 35.5. The summed E-state index contributed by atoms with van der Waals surface area (Å²) in [7, 11) is 0. The van der Waals surface area contributed by atoms with Gasteiger partial charge in [0.25, 0.3) is 0 Å². The van der Waals surface area contributed by atoms with Crippen LogP contribution in [0.5, 0.6) is 0 Å². The van der Waals surface area contributed by atoms with Gasteiger partial charge in [0.15, 0.2) is 0 Å². The minimum Gasteiger partial charge on any atom is -0.448 e. The molecule has 0 saturated carbocycles. The normalized spacial score (nSPS) is 14.8. The van der Waals surface area contributed by atoms with Gasteiger partial charge in [-0.05, 0) is 61.1 Å². The lowest BCUT2D eigenvalue weighted by atomic mass is 9.78. The van der Waals surface area contributed by atoms with Crippen molar-refractivity contribution >= 4 is 35.2 Å². The van der Waals surface area contributed by atoms with Crippen LogP contribution in [0.1, 0.15) is 36.5 Å². The summed E-state index contributed by atoms with van der Waals surface area (Å²) >= 11 is 6.21. The molecule has 1 fully saturated rings. The molecule has 3 amide bonds. The second-order valence-electron chi connectivity index (χ2n) is 8.82.